The van der Waals surface area contributed by atoms with E-state index in [1.165, 1.54) is 30.6 Å². The Morgan fingerprint density at radius 3 is 2.91 bits per heavy atom. The molecule has 2 rings (SSSR count). The SMILES string of the molecule is COC(=O)/C=C/CNC(=O)c1cc2c(s1)CCN(C(C)=O)C2. The lowest BCUT2D eigenvalue weighted by Gasteiger charge is -2.25. The van der Waals surface area contributed by atoms with Gasteiger partial charge in [-0.15, -0.1) is 11.3 Å². The zero-order valence-corrected chi connectivity index (χ0v) is 13.4. The van der Waals surface area contributed by atoms with Crippen molar-refractivity contribution < 1.29 is 19.1 Å². The summed E-state index contributed by atoms with van der Waals surface area (Å²) < 4.78 is 4.46. The summed E-state index contributed by atoms with van der Waals surface area (Å²) in [6, 6.07) is 1.84. The number of ether oxygens (including phenoxy) is 1. The topological polar surface area (TPSA) is 75.7 Å². The number of esters is 1. The fourth-order valence-corrected chi connectivity index (χ4v) is 3.26. The summed E-state index contributed by atoms with van der Waals surface area (Å²) in [6.45, 7) is 3.08. The summed E-state index contributed by atoms with van der Waals surface area (Å²) in [5.41, 5.74) is 1.04. The van der Waals surface area contributed by atoms with E-state index < -0.39 is 5.97 Å². The lowest BCUT2D eigenvalue weighted by Crippen LogP contribution is -2.33. The van der Waals surface area contributed by atoms with Crippen molar-refractivity contribution in [2.75, 3.05) is 20.2 Å². The van der Waals surface area contributed by atoms with Crippen LogP contribution in [0, 0.1) is 0 Å². The quantitative estimate of drug-likeness (QED) is 0.665. The summed E-state index contributed by atoms with van der Waals surface area (Å²) >= 11 is 1.46. The number of nitrogens with zero attached hydrogens (tertiary/aromatic N) is 1. The average molecular weight is 322 g/mol. The fraction of sp³-hybridized carbons (Fsp3) is 0.400. The van der Waals surface area contributed by atoms with Crippen molar-refractivity contribution in [3.63, 3.8) is 0 Å². The van der Waals surface area contributed by atoms with E-state index in [-0.39, 0.29) is 18.4 Å². The number of hydrogen-bond donors (Lipinski definition) is 1. The Morgan fingerprint density at radius 2 is 2.23 bits per heavy atom. The Bertz CT molecular complexity index is 621. The molecule has 0 bridgehead atoms. The number of hydrogen-bond acceptors (Lipinski definition) is 5. The smallest absolute Gasteiger partial charge is 0.330 e. The summed E-state index contributed by atoms with van der Waals surface area (Å²) in [4.78, 5) is 37.9. The molecule has 0 saturated heterocycles. The van der Waals surface area contributed by atoms with Gasteiger partial charge >= 0.3 is 5.97 Å². The third-order valence-corrected chi connectivity index (χ3v) is 4.61. The third kappa shape index (κ3) is 3.94. The molecule has 0 saturated carbocycles. The van der Waals surface area contributed by atoms with E-state index in [2.05, 4.69) is 10.1 Å². The Labute approximate surface area is 132 Å². The van der Waals surface area contributed by atoms with Crippen molar-refractivity contribution in [3.05, 3.63) is 33.5 Å². The number of methoxy groups -OCH3 is 1. The van der Waals surface area contributed by atoms with Crippen LogP contribution in [0.4, 0.5) is 0 Å². The molecule has 7 heteroatoms. The van der Waals surface area contributed by atoms with Crippen molar-refractivity contribution in [1.82, 2.24) is 10.2 Å². The molecular weight excluding hydrogens is 304 g/mol. The van der Waals surface area contributed by atoms with Gasteiger partial charge in [0.2, 0.25) is 5.91 Å². The molecule has 118 valence electrons. The maximum Gasteiger partial charge on any atom is 0.330 e. The van der Waals surface area contributed by atoms with Crippen LogP contribution in [0.1, 0.15) is 27.0 Å². The van der Waals surface area contributed by atoms with Gasteiger partial charge in [0.05, 0.1) is 12.0 Å². The zero-order valence-electron chi connectivity index (χ0n) is 12.5. The maximum atomic E-state index is 12.1. The van der Waals surface area contributed by atoms with Crippen molar-refractivity contribution in [3.8, 4) is 0 Å². The molecule has 6 nitrogen and oxygen atoms in total. The first kappa shape index (κ1) is 16.2. The minimum Gasteiger partial charge on any atom is -0.466 e. The van der Waals surface area contributed by atoms with Gasteiger partial charge < -0.3 is 15.0 Å². The molecule has 1 aromatic rings. The molecule has 1 aliphatic rings. The summed E-state index contributed by atoms with van der Waals surface area (Å²) in [5, 5.41) is 2.72. The Balaban J connectivity index is 1.94. The van der Waals surface area contributed by atoms with Gasteiger partial charge in [0.1, 0.15) is 0 Å². The normalized spacial score (nSPS) is 13.8. The van der Waals surface area contributed by atoms with Gasteiger partial charge in [-0.3, -0.25) is 9.59 Å². The molecule has 0 unspecified atom stereocenters. The van der Waals surface area contributed by atoms with Crippen LogP contribution in [0.3, 0.4) is 0 Å². The van der Waals surface area contributed by atoms with Crippen LogP contribution in [0.15, 0.2) is 18.2 Å². The van der Waals surface area contributed by atoms with E-state index in [0.29, 0.717) is 18.0 Å². The molecule has 0 aromatic carbocycles. The minimum atomic E-state index is -0.454. The van der Waals surface area contributed by atoms with E-state index in [1.54, 1.807) is 11.8 Å². The largest absolute Gasteiger partial charge is 0.466 e. The molecule has 1 N–H and O–H groups in total. The summed E-state index contributed by atoms with van der Waals surface area (Å²) in [6.07, 6.45) is 3.59. The van der Waals surface area contributed by atoms with Gasteiger partial charge in [0.15, 0.2) is 0 Å². The number of carbonyl (C=O) groups excluding carboxylic acids is 3. The molecule has 0 spiro atoms. The first-order valence-electron chi connectivity index (χ1n) is 6.91. The average Bonchev–Trinajstić information content (AvgIpc) is 2.93. The minimum absolute atomic E-state index is 0.0517. The molecule has 2 amide bonds. The molecule has 1 aromatic heterocycles. The number of thiophene rings is 1. The standard InChI is InChI=1S/C15H18N2O4S/c1-10(18)17-7-5-12-11(9-17)8-13(22-12)15(20)16-6-3-4-14(19)21-2/h3-4,8H,5-7,9H2,1-2H3,(H,16,20)/b4-3+. The van der Waals surface area contributed by atoms with Crippen molar-refractivity contribution in [1.29, 1.82) is 0 Å². The molecule has 0 aliphatic carbocycles. The Kier molecular flexibility index (Phi) is 5.32. The van der Waals surface area contributed by atoms with E-state index in [0.717, 1.165) is 16.9 Å². The lowest BCUT2D eigenvalue weighted by molar-refractivity contribution is -0.135. The first-order valence-corrected chi connectivity index (χ1v) is 7.72. The molecular formula is C15H18N2O4S. The van der Waals surface area contributed by atoms with Gasteiger partial charge in [-0.1, -0.05) is 6.08 Å². The van der Waals surface area contributed by atoms with Crippen LogP contribution in [0.25, 0.3) is 0 Å². The van der Waals surface area contributed by atoms with Crippen molar-refractivity contribution in [2.24, 2.45) is 0 Å². The van der Waals surface area contributed by atoms with Crippen LogP contribution < -0.4 is 5.32 Å². The second-order valence-corrected chi connectivity index (χ2v) is 6.02. The van der Waals surface area contributed by atoms with Gasteiger partial charge in [0, 0.05) is 37.5 Å². The second kappa shape index (κ2) is 7.22. The fourth-order valence-electron chi connectivity index (χ4n) is 2.18. The van der Waals surface area contributed by atoms with Crippen LogP contribution >= 0.6 is 11.3 Å². The maximum absolute atomic E-state index is 12.1. The highest BCUT2D eigenvalue weighted by molar-refractivity contribution is 7.14. The lowest BCUT2D eigenvalue weighted by atomic mass is 10.1. The van der Waals surface area contributed by atoms with Crippen LogP contribution in [0.5, 0.6) is 0 Å². The molecule has 2 heterocycles. The number of amides is 2. The molecule has 0 radical (unpaired) electrons. The number of rotatable bonds is 4. The van der Waals surface area contributed by atoms with E-state index >= 15 is 0 Å². The Hall–Kier alpha value is -2.15. The molecule has 0 fully saturated rings. The van der Waals surface area contributed by atoms with E-state index in [1.807, 2.05) is 6.07 Å². The van der Waals surface area contributed by atoms with Crippen LogP contribution in [-0.2, 0) is 27.3 Å². The molecule has 1 aliphatic heterocycles. The number of carbonyl (C=O) groups is 3. The predicted molar refractivity (Wildman–Crippen MR) is 82.6 cm³/mol. The number of fused-ring (bicyclic) bond motifs is 1. The highest BCUT2D eigenvalue weighted by atomic mass is 32.1. The molecule has 0 atom stereocenters. The van der Waals surface area contributed by atoms with Crippen LogP contribution in [0.2, 0.25) is 0 Å². The van der Waals surface area contributed by atoms with E-state index in [9.17, 15) is 14.4 Å². The first-order chi connectivity index (χ1) is 10.5. The highest BCUT2D eigenvalue weighted by Crippen LogP contribution is 2.28. The van der Waals surface area contributed by atoms with Crippen molar-refractivity contribution >= 4 is 29.1 Å². The second-order valence-electron chi connectivity index (χ2n) is 4.89. The zero-order chi connectivity index (χ0) is 16.1. The van der Waals surface area contributed by atoms with E-state index in [4.69, 9.17) is 0 Å². The van der Waals surface area contributed by atoms with Gasteiger partial charge in [-0.25, -0.2) is 4.79 Å². The monoisotopic (exact) mass is 322 g/mol. The van der Waals surface area contributed by atoms with Gasteiger partial charge in [0.25, 0.3) is 5.91 Å². The highest BCUT2D eigenvalue weighted by Gasteiger charge is 2.22. The van der Waals surface area contributed by atoms with Crippen LogP contribution in [-0.4, -0.2) is 42.9 Å². The molecule has 22 heavy (non-hydrogen) atoms. The third-order valence-electron chi connectivity index (χ3n) is 3.37. The summed E-state index contributed by atoms with van der Waals surface area (Å²) in [7, 11) is 1.30. The van der Waals surface area contributed by atoms with Gasteiger partial charge in [-0.2, -0.15) is 0 Å². The Morgan fingerprint density at radius 1 is 1.45 bits per heavy atom. The summed E-state index contributed by atoms with van der Waals surface area (Å²) in [5.74, 6) is -0.579. The van der Waals surface area contributed by atoms with Crippen molar-refractivity contribution in [2.45, 2.75) is 19.9 Å². The number of nitrogens with one attached hydrogen (secondary N) is 1. The van der Waals surface area contributed by atoms with Gasteiger partial charge in [-0.05, 0) is 18.1 Å². The predicted octanol–water partition coefficient (Wildman–Crippen LogP) is 1.11.